The summed E-state index contributed by atoms with van der Waals surface area (Å²) in [5, 5.41) is 0. The van der Waals surface area contributed by atoms with Crippen LogP contribution in [0.3, 0.4) is 0 Å². The van der Waals surface area contributed by atoms with Gasteiger partial charge in [0.25, 0.3) is 0 Å². The predicted molar refractivity (Wildman–Crippen MR) is 104 cm³/mol. The van der Waals surface area contributed by atoms with Crippen molar-refractivity contribution in [2.45, 2.75) is 50.7 Å². The van der Waals surface area contributed by atoms with Gasteiger partial charge < -0.3 is 4.57 Å². The van der Waals surface area contributed by atoms with Crippen molar-refractivity contribution in [2.75, 3.05) is 0 Å². The molecule has 1 fully saturated rings. The van der Waals surface area contributed by atoms with Gasteiger partial charge in [-0.3, -0.25) is 4.99 Å². The maximum absolute atomic E-state index is 14.5. The lowest BCUT2D eigenvalue weighted by molar-refractivity contribution is -0.140. The van der Waals surface area contributed by atoms with Gasteiger partial charge in [0, 0.05) is 24.2 Å². The largest absolute Gasteiger partial charge is 0.419 e. The fourth-order valence-electron chi connectivity index (χ4n) is 4.64. The molecule has 1 aliphatic heterocycles. The van der Waals surface area contributed by atoms with Gasteiger partial charge in [-0.2, -0.15) is 13.2 Å². The summed E-state index contributed by atoms with van der Waals surface area (Å²) in [7, 11) is 0. The van der Waals surface area contributed by atoms with Gasteiger partial charge in [0.2, 0.25) is 0 Å². The van der Waals surface area contributed by atoms with Gasteiger partial charge in [-0.15, -0.1) is 0 Å². The summed E-state index contributed by atoms with van der Waals surface area (Å²) >= 11 is 0. The van der Waals surface area contributed by atoms with Crippen LogP contribution in [0.15, 0.2) is 35.6 Å². The monoisotopic (exact) mass is 401 g/mol. The summed E-state index contributed by atoms with van der Waals surface area (Å²) in [5.41, 5.74) is 1.63. The van der Waals surface area contributed by atoms with E-state index in [1.807, 2.05) is 24.5 Å². The van der Waals surface area contributed by atoms with Gasteiger partial charge in [-0.25, -0.2) is 9.37 Å². The molecular weight excluding hydrogens is 382 g/mol. The third-order valence-corrected chi connectivity index (χ3v) is 6.01. The molecule has 3 aromatic rings. The average Bonchev–Trinajstić information content (AvgIpc) is 3.33. The Hall–Kier alpha value is -2.70. The van der Waals surface area contributed by atoms with Crippen molar-refractivity contribution in [3.63, 3.8) is 0 Å². The van der Waals surface area contributed by atoms with E-state index in [-0.39, 0.29) is 17.7 Å². The lowest BCUT2D eigenvalue weighted by Gasteiger charge is -2.23. The smallest absolute Gasteiger partial charge is 0.327 e. The van der Waals surface area contributed by atoms with Crippen molar-refractivity contribution in [3.05, 3.63) is 47.5 Å². The van der Waals surface area contributed by atoms with Crippen molar-refractivity contribution >= 4 is 22.9 Å². The van der Waals surface area contributed by atoms with Crippen molar-refractivity contribution < 1.29 is 17.6 Å². The van der Waals surface area contributed by atoms with E-state index < -0.39 is 17.6 Å². The number of imidazole rings is 1. The Kier molecular flexibility index (Phi) is 4.22. The van der Waals surface area contributed by atoms with E-state index in [0.29, 0.717) is 17.2 Å². The molecule has 1 aliphatic carbocycles. The molecule has 0 N–H and O–H groups in total. The van der Waals surface area contributed by atoms with Gasteiger partial charge in [0.15, 0.2) is 0 Å². The number of nitrogens with zero attached hydrogens (tertiary/aromatic N) is 3. The minimum atomic E-state index is -4.75. The lowest BCUT2D eigenvalue weighted by atomic mass is 9.94. The first-order valence-corrected chi connectivity index (χ1v) is 9.85. The Bertz CT molecular complexity index is 1120. The number of rotatable bonds is 2. The van der Waals surface area contributed by atoms with Crippen LogP contribution in [-0.4, -0.2) is 15.8 Å². The Labute approximate surface area is 165 Å². The van der Waals surface area contributed by atoms with Crippen molar-refractivity contribution in [1.29, 1.82) is 0 Å². The molecule has 0 amide bonds. The summed E-state index contributed by atoms with van der Waals surface area (Å²) in [6.45, 7) is 0. The van der Waals surface area contributed by atoms with Crippen LogP contribution in [0, 0.1) is 5.82 Å². The molecule has 0 bridgehead atoms. The van der Waals surface area contributed by atoms with Crippen LogP contribution in [0.4, 0.5) is 23.2 Å². The first-order valence-electron chi connectivity index (χ1n) is 9.85. The highest BCUT2D eigenvalue weighted by Gasteiger charge is 2.39. The molecule has 0 saturated heterocycles. The first kappa shape index (κ1) is 18.3. The maximum atomic E-state index is 14.5. The number of benzene rings is 2. The summed E-state index contributed by atoms with van der Waals surface area (Å²) in [5.74, 6) is -1.26. The van der Waals surface area contributed by atoms with Gasteiger partial charge in [-0.05, 0) is 42.2 Å². The molecule has 7 heteroatoms. The summed E-state index contributed by atoms with van der Waals surface area (Å²) < 4.78 is 56.6. The zero-order valence-corrected chi connectivity index (χ0v) is 15.6. The van der Waals surface area contributed by atoms with Crippen LogP contribution in [0.25, 0.3) is 22.2 Å². The summed E-state index contributed by atoms with van der Waals surface area (Å²) in [6.07, 6.45) is 4.39. The predicted octanol–water partition coefficient (Wildman–Crippen LogP) is 6.62. The van der Waals surface area contributed by atoms with Crippen LogP contribution >= 0.6 is 0 Å². The highest BCUT2D eigenvalue weighted by Crippen LogP contribution is 2.45. The second kappa shape index (κ2) is 6.68. The normalized spacial score (nSPS) is 17.2. The van der Waals surface area contributed by atoms with Crippen LogP contribution in [0.2, 0.25) is 0 Å². The highest BCUT2D eigenvalue weighted by atomic mass is 19.4. The van der Waals surface area contributed by atoms with Crippen LogP contribution in [-0.2, 0) is 12.6 Å². The topological polar surface area (TPSA) is 30.2 Å². The fraction of sp³-hybridized carbons (Fsp3) is 0.364. The van der Waals surface area contributed by atoms with E-state index in [1.54, 1.807) is 0 Å². The van der Waals surface area contributed by atoms with E-state index >= 15 is 0 Å². The molecule has 2 aliphatic rings. The second-order valence-corrected chi connectivity index (χ2v) is 7.77. The van der Waals surface area contributed by atoms with E-state index in [4.69, 9.17) is 0 Å². The van der Waals surface area contributed by atoms with Gasteiger partial charge >= 0.3 is 6.18 Å². The molecule has 0 spiro atoms. The number of aromatic nitrogens is 2. The Morgan fingerprint density at radius 1 is 1.03 bits per heavy atom. The van der Waals surface area contributed by atoms with Crippen LogP contribution in [0.5, 0.6) is 0 Å². The first-order chi connectivity index (χ1) is 13.9. The zero-order valence-electron chi connectivity index (χ0n) is 15.6. The zero-order chi connectivity index (χ0) is 20.2. The minimum absolute atomic E-state index is 0.0203. The average molecular weight is 401 g/mol. The Morgan fingerprint density at radius 2 is 1.83 bits per heavy atom. The molecule has 5 rings (SSSR count). The Morgan fingerprint density at radius 3 is 2.59 bits per heavy atom. The minimum Gasteiger partial charge on any atom is -0.327 e. The highest BCUT2D eigenvalue weighted by molar-refractivity contribution is 5.91. The molecule has 1 aromatic heterocycles. The molecule has 0 radical (unpaired) electrons. The molecule has 2 aromatic carbocycles. The SMILES string of the molecule is Fc1cc(-c2ccc3c(c2)ncn3C2CCCCC2)c2c(c1C(F)(F)F)CC=N2. The van der Waals surface area contributed by atoms with E-state index in [1.165, 1.54) is 25.5 Å². The maximum Gasteiger partial charge on any atom is 0.419 e. The Balaban J connectivity index is 1.61. The van der Waals surface area contributed by atoms with Crippen molar-refractivity contribution in [2.24, 2.45) is 4.99 Å². The van der Waals surface area contributed by atoms with Gasteiger partial charge in [-0.1, -0.05) is 25.3 Å². The van der Waals surface area contributed by atoms with Crippen molar-refractivity contribution in [3.8, 4) is 11.1 Å². The van der Waals surface area contributed by atoms with E-state index in [9.17, 15) is 17.6 Å². The number of aliphatic imine (C=N–C) groups is 1. The quantitative estimate of drug-likeness (QED) is 0.444. The van der Waals surface area contributed by atoms with E-state index in [0.717, 1.165) is 29.9 Å². The standard InChI is InChI=1S/C22H19F4N3/c23-17-11-16(21-15(8-9-27-21)20(17)22(24,25)26)13-6-7-19-18(10-13)28-12-29(19)14-4-2-1-3-5-14/h6-7,9-12,14H,1-5,8H2. The van der Waals surface area contributed by atoms with Gasteiger partial charge in [0.1, 0.15) is 5.82 Å². The molecule has 3 nitrogen and oxygen atoms in total. The third-order valence-electron chi connectivity index (χ3n) is 6.01. The summed E-state index contributed by atoms with van der Waals surface area (Å²) in [4.78, 5) is 8.64. The number of hydrogen-bond donors (Lipinski definition) is 0. The van der Waals surface area contributed by atoms with Crippen molar-refractivity contribution in [1.82, 2.24) is 9.55 Å². The van der Waals surface area contributed by atoms with Gasteiger partial charge in [0.05, 0.1) is 28.6 Å². The van der Waals surface area contributed by atoms with Crippen LogP contribution < -0.4 is 0 Å². The molecule has 0 unspecified atom stereocenters. The third kappa shape index (κ3) is 3.03. The summed E-state index contributed by atoms with van der Waals surface area (Å²) in [6, 6.07) is 6.93. The molecule has 1 saturated carbocycles. The number of hydrogen-bond acceptors (Lipinski definition) is 2. The van der Waals surface area contributed by atoms with Crippen LogP contribution in [0.1, 0.15) is 49.3 Å². The number of alkyl halides is 3. The lowest BCUT2D eigenvalue weighted by Crippen LogP contribution is -2.12. The molecule has 2 heterocycles. The fourth-order valence-corrected chi connectivity index (χ4v) is 4.64. The van der Waals surface area contributed by atoms with E-state index in [2.05, 4.69) is 14.5 Å². The number of halogens is 4. The molecule has 0 atom stereocenters. The number of fused-ring (bicyclic) bond motifs is 2. The molecular formula is C22H19F4N3. The molecule has 29 heavy (non-hydrogen) atoms. The molecule has 150 valence electrons. The second-order valence-electron chi connectivity index (χ2n) is 7.77.